The van der Waals surface area contributed by atoms with E-state index in [2.05, 4.69) is 27.1 Å². The van der Waals surface area contributed by atoms with Gasteiger partial charge in [-0.05, 0) is 13.3 Å². The molecule has 2 atom stereocenters. The lowest BCUT2D eigenvalue weighted by atomic mass is 9.81. The summed E-state index contributed by atoms with van der Waals surface area (Å²) in [5, 5.41) is 3.33. The Morgan fingerprint density at radius 2 is 2.43 bits per heavy atom. The number of methoxy groups -OCH3 is 1. The number of hydrogen-bond donors (Lipinski definition) is 1. The summed E-state index contributed by atoms with van der Waals surface area (Å²) in [5.41, 5.74) is 0.701. The van der Waals surface area contributed by atoms with E-state index in [1.165, 1.54) is 7.11 Å². The molecule has 2 fully saturated rings. The van der Waals surface area contributed by atoms with Crippen LogP contribution in [0.5, 0.6) is 0 Å². The van der Waals surface area contributed by atoms with Crippen LogP contribution in [0.1, 0.15) is 18.3 Å². The number of rotatable bonds is 3. The zero-order valence-corrected chi connectivity index (χ0v) is 12.8. The zero-order chi connectivity index (χ0) is 15.0. The molecule has 2 saturated heterocycles. The van der Waals surface area contributed by atoms with Crippen molar-refractivity contribution in [3.05, 3.63) is 17.6 Å². The average molecular weight is 290 g/mol. The molecule has 0 bridgehead atoms. The van der Waals surface area contributed by atoms with Crippen molar-refractivity contribution in [3.8, 4) is 0 Å². The van der Waals surface area contributed by atoms with Crippen molar-refractivity contribution in [1.82, 2.24) is 15.3 Å². The third-order valence-electron chi connectivity index (χ3n) is 4.76. The third-order valence-corrected chi connectivity index (χ3v) is 4.76. The van der Waals surface area contributed by atoms with Crippen LogP contribution >= 0.6 is 0 Å². The minimum atomic E-state index is -0.432. The van der Waals surface area contributed by atoms with Crippen LogP contribution < -0.4 is 10.2 Å². The molecule has 0 amide bonds. The van der Waals surface area contributed by atoms with E-state index >= 15 is 0 Å². The average Bonchev–Trinajstić information content (AvgIpc) is 3.04. The van der Waals surface area contributed by atoms with Crippen LogP contribution in [-0.4, -0.2) is 49.2 Å². The lowest BCUT2D eigenvalue weighted by Gasteiger charge is -2.25. The molecule has 21 heavy (non-hydrogen) atoms. The number of hydrogen-bond acceptors (Lipinski definition) is 6. The van der Waals surface area contributed by atoms with Crippen LogP contribution in [0.25, 0.3) is 0 Å². The van der Waals surface area contributed by atoms with Crippen molar-refractivity contribution in [3.63, 3.8) is 0 Å². The highest BCUT2D eigenvalue weighted by molar-refractivity contribution is 5.80. The van der Waals surface area contributed by atoms with Gasteiger partial charge in [0.1, 0.15) is 17.1 Å². The van der Waals surface area contributed by atoms with Crippen molar-refractivity contribution in [2.24, 2.45) is 11.3 Å². The Hall–Kier alpha value is -1.69. The Kier molecular flexibility index (Phi) is 3.57. The fraction of sp³-hybridized carbons (Fsp3) is 0.667. The maximum Gasteiger partial charge on any atom is 0.315 e. The molecule has 0 unspecified atom stereocenters. The number of nitrogens with one attached hydrogen (secondary N) is 1. The number of fused-ring (bicyclic) bond motifs is 1. The fourth-order valence-corrected chi connectivity index (χ4v) is 3.58. The number of carbonyl (C=O) groups is 1. The fourth-order valence-electron chi connectivity index (χ4n) is 3.58. The summed E-state index contributed by atoms with van der Waals surface area (Å²) in [6, 6.07) is 0. The number of aryl methyl sites for hydroxylation is 2. The molecule has 1 aromatic rings. The summed E-state index contributed by atoms with van der Waals surface area (Å²) in [6.07, 6.45) is 2.79. The van der Waals surface area contributed by atoms with E-state index < -0.39 is 5.41 Å². The lowest BCUT2D eigenvalue weighted by Crippen LogP contribution is -2.41. The number of esters is 1. The maximum absolute atomic E-state index is 12.3. The van der Waals surface area contributed by atoms with Crippen LogP contribution in [0.3, 0.4) is 0 Å². The first-order valence-corrected chi connectivity index (χ1v) is 7.47. The molecular weight excluding hydrogens is 268 g/mol. The molecule has 1 N–H and O–H groups in total. The second-order valence-corrected chi connectivity index (χ2v) is 5.98. The van der Waals surface area contributed by atoms with Gasteiger partial charge in [0.2, 0.25) is 0 Å². The summed E-state index contributed by atoms with van der Waals surface area (Å²) in [7, 11) is 1.47. The summed E-state index contributed by atoms with van der Waals surface area (Å²) >= 11 is 0. The van der Waals surface area contributed by atoms with Crippen molar-refractivity contribution in [2.75, 3.05) is 38.2 Å². The molecule has 0 aliphatic carbocycles. The van der Waals surface area contributed by atoms with E-state index in [1.807, 2.05) is 13.1 Å². The molecule has 1 aromatic heterocycles. The molecule has 2 aliphatic rings. The molecule has 0 radical (unpaired) electrons. The summed E-state index contributed by atoms with van der Waals surface area (Å²) < 4.78 is 5.06. The van der Waals surface area contributed by atoms with E-state index in [-0.39, 0.29) is 11.9 Å². The van der Waals surface area contributed by atoms with Crippen molar-refractivity contribution >= 4 is 11.8 Å². The highest BCUT2D eigenvalue weighted by Crippen LogP contribution is 2.42. The van der Waals surface area contributed by atoms with Crippen LogP contribution in [0, 0.1) is 18.3 Å². The van der Waals surface area contributed by atoms with Crippen LogP contribution in [-0.2, 0) is 16.0 Å². The Morgan fingerprint density at radius 1 is 1.62 bits per heavy atom. The normalized spacial score (nSPS) is 27.8. The number of aromatic nitrogens is 2. The molecule has 6 nitrogen and oxygen atoms in total. The number of nitrogens with zero attached hydrogens (tertiary/aromatic N) is 3. The molecule has 2 aliphatic heterocycles. The van der Waals surface area contributed by atoms with Gasteiger partial charge in [0.15, 0.2) is 0 Å². The number of anilines is 1. The lowest BCUT2D eigenvalue weighted by molar-refractivity contribution is -0.151. The van der Waals surface area contributed by atoms with Crippen molar-refractivity contribution in [2.45, 2.75) is 20.3 Å². The standard InChI is InChI=1S/C15H22N4O2/c1-4-11-5-17-10(2)18-13(11)19-7-12-6-16-8-15(12,9-19)14(20)21-3/h5,12,16H,4,6-9H2,1-3H3/t12-,15-/m0/s1. The summed E-state index contributed by atoms with van der Waals surface area (Å²) in [5.74, 6) is 1.92. The van der Waals surface area contributed by atoms with E-state index in [4.69, 9.17) is 4.74 Å². The van der Waals surface area contributed by atoms with Gasteiger partial charge in [-0.3, -0.25) is 4.79 Å². The van der Waals surface area contributed by atoms with Gasteiger partial charge in [-0.25, -0.2) is 9.97 Å². The first-order chi connectivity index (χ1) is 10.1. The van der Waals surface area contributed by atoms with Gasteiger partial charge in [-0.1, -0.05) is 6.92 Å². The molecule has 6 heteroatoms. The minimum Gasteiger partial charge on any atom is -0.468 e. The SMILES string of the molecule is CCc1cnc(C)nc1N1C[C@@H]2CNC[C@]2(C(=O)OC)C1. The van der Waals surface area contributed by atoms with Gasteiger partial charge >= 0.3 is 5.97 Å². The predicted molar refractivity (Wildman–Crippen MR) is 79.2 cm³/mol. The Bertz CT molecular complexity index is 563. The second kappa shape index (κ2) is 5.26. The highest BCUT2D eigenvalue weighted by atomic mass is 16.5. The summed E-state index contributed by atoms with van der Waals surface area (Å²) in [4.78, 5) is 23.4. The smallest absolute Gasteiger partial charge is 0.315 e. The van der Waals surface area contributed by atoms with Crippen LogP contribution in [0.2, 0.25) is 0 Å². The van der Waals surface area contributed by atoms with Crippen molar-refractivity contribution < 1.29 is 9.53 Å². The molecular formula is C15H22N4O2. The molecule has 3 rings (SSSR count). The first-order valence-electron chi connectivity index (χ1n) is 7.47. The predicted octanol–water partition coefficient (Wildman–Crippen LogP) is 0.546. The van der Waals surface area contributed by atoms with Crippen molar-refractivity contribution in [1.29, 1.82) is 0 Å². The Morgan fingerprint density at radius 3 is 3.14 bits per heavy atom. The van der Waals surface area contributed by atoms with Gasteiger partial charge in [0.05, 0.1) is 7.11 Å². The van der Waals surface area contributed by atoms with Gasteiger partial charge in [-0.15, -0.1) is 0 Å². The Balaban J connectivity index is 1.93. The minimum absolute atomic E-state index is 0.108. The Labute approximate surface area is 124 Å². The molecule has 114 valence electrons. The highest BCUT2D eigenvalue weighted by Gasteiger charge is 2.56. The van der Waals surface area contributed by atoms with Crippen LogP contribution in [0.4, 0.5) is 5.82 Å². The van der Waals surface area contributed by atoms with E-state index in [9.17, 15) is 4.79 Å². The van der Waals surface area contributed by atoms with Gasteiger partial charge in [-0.2, -0.15) is 0 Å². The maximum atomic E-state index is 12.3. The molecule has 0 aromatic carbocycles. The molecule has 0 saturated carbocycles. The van der Waals surface area contributed by atoms with Gasteiger partial charge in [0, 0.05) is 43.9 Å². The zero-order valence-electron chi connectivity index (χ0n) is 12.8. The topological polar surface area (TPSA) is 67.4 Å². The third kappa shape index (κ3) is 2.18. The van der Waals surface area contributed by atoms with Crippen LogP contribution in [0.15, 0.2) is 6.20 Å². The second-order valence-electron chi connectivity index (χ2n) is 5.98. The number of carbonyl (C=O) groups excluding carboxylic acids is 1. The van der Waals surface area contributed by atoms with Gasteiger partial charge < -0.3 is 15.0 Å². The number of ether oxygens (including phenoxy) is 1. The van der Waals surface area contributed by atoms with E-state index in [0.29, 0.717) is 13.1 Å². The largest absolute Gasteiger partial charge is 0.468 e. The molecule has 0 spiro atoms. The quantitative estimate of drug-likeness (QED) is 0.820. The summed E-state index contributed by atoms with van der Waals surface area (Å²) in [6.45, 7) is 7.05. The van der Waals surface area contributed by atoms with E-state index in [1.54, 1.807) is 0 Å². The molecule has 3 heterocycles. The van der Waals surface area contributed by atoms with Gasteiger partial charge in [0.25, 0.3) is 0 Å². The van der Waals surface area contributed by atoms with E-state index in [0.717, 1.165) is 36.7 Å². The monoisotopic (exact) mass is 290 g/mol. The first kappa shape index (κ1) is 14.3.